The quantitative estimate of drug-likeness (QED) is 0.263. The second-order valence-electron chi connectivity index (χ2n) is 6.62. The van der Waals surface area contributed by atoms with Crippen LogP contribution in [0.5, 0.6) is 5.75 Å². The van der Waals surface area contributed by atoms with Gasteiger partial charge in [0.1, 0.15) is 11.6 Å². The summed E-state index contributed by atoms with van der Waals surface area (Å²) in [6, 6.07) is 11.6. The Morgan fingerprint density at radius 3 is 2.46 bits per heavy atom. The molecular weight excluding hydrogens is 354 g/mol. The molecule has 7 heteroatoms. The second kappa shape index (κ2) is 7.11. The highest BCUT2D eigenvalue weighted by molar-refractivity contribution is 6.08. The molecular formula is C21H21N5O2. The Kier molecular flexibility index (Phi) is 4.49. The van der Waals surface area contributed by atoms with Gasteiger partial charge in [0.25, 0.3) is 5.91 Å². The maximum Gasteiger partial charge on any atom is 0.253 e. The molecule has 0 fully saturated rings. The SMILES string of the molecule is COc1ccc2[nH]cc(C(=O)NCCc3ccc4[nH]cc(C(=N)N)c4c3)c2c1. The maximum absolute atomic E-state index is 12.6. The van der Waals surface area contributed by atoms with Crippen LogP contribution in [0.2, 0.25) is 0 Å². The Morgan fingerprint density at radius 2 is 1.75 bits per heavy atom. The normalized spacial score (nSPS) is 11.0. The van der Waals surface area contributed by atoms with Gasteiger partial charge in [-0.1, -0.05) is 6.07 Å². The van der Waals surface area contributed by atoms with E-state index in [-0.39, 0.29) is 11.7 Å². The molecule has 0 atom stereocenters. The first-order valence-electron chi connectivity index (χ1n) is 8.94. The number of nitrogens with one attached hydrogen (secondary N) is 4. The predicted octanol–water partition coefficient (Wildman–Crippen LogP) is 2.91. The van der Waals surface area contributed by atoms with Crippen molar-refractivity contribution in [1.82, 2.24) is 15.3 Å². The number of carbonyl (C=O) groups is 1. The number of nitrogens with two attached hydrogens (primary N) is 1. The molecule has 0 aliphatic heterocycles. The van der Waals surface area contributed by atoms with Crippen LogP contribution in [0.3, 0.4) is 0 Å². The molecule has 142 valence electrons. The molecule has 0 radical (unpaired) electrons. The van der Waals surface area contributed by atoms with Crippen molar-refractivity contribution in [2.75, 3.05) is 13.7 Å². The van der Waals surface area contributed by atoms with E-state index in [9.17, 15) is 4.79 Å². The fraction of sp³-hybridized carbons (Fsp3) is 0.143. The van der Waals surface area contributed by atoms with Crippen molar-refractivity contribution in [3.63, 3.8) is 0 Å². The van der Waals surface area contributed by atoms with Crippen LogP contribution >= 0.6 is 0 Å². The number of aromatic amines is 2. The van der Waals surface area contributed by atoms with Gasteiger partial charge in [-0.25, -0.2) is 0 Å². The molecule has 2 aromatic carbocycles. The molecule has 0 saturated heterocycles. The van der Waals surface area contributed by atoms with Crippen molar-refractivity contribution in [3.8, 4) is 5.75 Å². The summed E-state index contributed by atoms with van der Waals surface area (Å²) < 4.78 is 5.25. The lowest BCUT2D eigenvalue weighted by Gasteiger charge is -2.06. The monoisotopic (exact) mass is 375 g/mol. The topological polar surface area (TPSA) is 120 Å². The number of nitrogen functional groups attached to an aromatic ring is 1. The standard InChI is InChI=1S/C21H21N5O2/c1-28-13-3-5-19-15(9-13)17(11-26-19)21(27)24-7-6-12-2-4-18-14(8-12)16(10-25-18)20(22)23/h2-5,8-11,25-26H,6-7H2,1H3,(H3,22,23)(H,24,27). The molecule has 0 aliphatic rings. The molecule has 0 bridgehead atoms. The molecule has 28 heavy (non-hydrogen) atoms. The maximum atomic E-state index is 12.6. The lowest BCUT2D eigenvalue weighted by molar-refractivity contribution is 0.0956. The summed E-state index contributed by atoms with van der Waals surface area (Å²) >= 11 is 0. The molecule has 4 aromatic rings. The highest BCUT2D eigenvalue weighted by Gasteiger charge is 2.13. The average molecular weight is 375 g/mol. The van der Waals surface area contributed by atoms with Crippen LogP contribution in [-0.2, 0) is 6.42 Å². The zero-order chi connectivity index (χ0) is 19.7. The molecule has 1 amide bonds. The van der Waals surface area contributed by atoms with E-state index in [4.69, 9.17) is 15.9 Å². The molecule has 0 unspecified atom stereocenters. The minimum Gasteiger partial charge on any atom is -0.497 e. The van der Waals surface area contributed by atoms with E-state index in [1.807, 2.05) is 36.4 Å². The third-order valence-electron chi connectivity index (χ3n) is 4.87. The Morgan fingerprint density at radius 1 is 1.07 bits per heavy atom. The van der Waals surface area contributed by atoms with E-state index in [1.165, 1.54) is 0 Å². The van der Waals surface area contributed by atoms with Crippen LogP contribution in [0.1, 0.15) is 21.5 Å². The summed E-state index contributed by atoms with van der Waals surface area (Å²) in [4.78, 5) is 18.8. The molecule has 2 aromatic heterocycles. The fourth-order valence-electron chi connectivity index (χ4n) is 3.38. The number of amidine groups is 1. The Balaban J connectivity index is 1.46. The van der Waals surface area contributed by atoms with E-state index < -0.39 is 0 Å². The minimum atomic E-state index is -0.133. The summed E-state index contributed by atoms with van der Waals surface area (Å²) in [5.41, 5.74) is 9.80. The summed E-state index contributed by atoms with van der Waals surface area (Å²) in [5.74, 6) is 0.611. The van der Waals surface area contributed by atoms with Crippen LogP contribution in [0.4, 0.5) is 0 Å². The van der Waals surface area contributed by atoms with Crippen LogP contribution in [-0.4, -0.2) is 35.4 Å². The van der Waals surface area contributed by atoms with Crippen molar-refractivity contribution in [3.05, 3.63) is 65.5 Å². The second-order valence-corrected chi connectivity index (χ2v) is 6.62. The van der Waals surface area contributed by atoms with Gasteiger partial charge in [-0.3, -0.25) is 10.2 Å². The largest absolute Gasteiger partial charge is 0.497 e. The smallest absolute Gasteiger partial charge is 0.253 e. The average Bonchev–Trinajstić information content (AvgIpc) is 3.31. The molecule has 4 rings (SSSR count). The summed E-state index contributed by atoms with van der Waals surface area (Å²) in [6.45, 7) is 0.501. The number of methoxy groups -OCH3 is 1. The molecule has 0 aliphatic carbocycles. The first kappa shape index (κ1) is 17.7. The van der Waals surface area contributed by atoms with E-state index in [2.05, 4.69) is 15.3 Å². The number of carbonyl (C=O) groups excluding carboxylic acids is 1. The van der Waals surface area contributed by atoms with Crippen molar-refractivity contribution in [2.45, 2.75) is 6.42 Å². The molecule has 0 saturated carbocycles. The Labute approximate surface area is 161 Å². The highest BCUT2D eigenvalue weighted by atomic mass is 16.5. The minimum absolute atomic E-state index is 0.0338. The van der Waals surface area contributed by atoms with Gasteiger partial charge in [0.05, 0.1) is 12.7 Å². The summed E-state index contributed by atoms with van der Waals surface area (Å²) in [7, 11) is 1.60. The zero-order valence-electron chi connectivity index (χ0n) is 15.4. The zero-order valence-corrected chi connectivity index (χ0v) is 15.4. The number of hydrogen-bond donors (Lipinski definition) is 5. The van der Waals surface area contributed by atoms with Gasteiger partial charge in [0.2, 0.25) is 0 Å². The molecule has 6 N–H and O–H groups in total. The number of fused-ring (bicyclic) bond motifs is 2. The number of rotatable bonds is 6. The van der Waals surface area contributed by atoms with Crippen molar-refractivity contribution in [1.29, 1.82) is 5.41 Å². The van der Waals surface area contributed by atoms with Gasteiger partial charge in [-0.15, -0.1) is 0 Å². The van der Waals surface area contributed by atoms with Crippen molar-refractivity contribution >= 4 is 33.5 Å². The first-order valence-corrected chi connectivity index (χ1v) is 8.94. The number of H-pyrrole nitrogens is 2. The molecule has 7 nitrogen and oxygen atoms in total. The number of ether oxygens (including phenoxy) is 1. The highest BCUT2D eigenvalue weighted by Crippen LogP contribution is 2.24. The summed E-state index contributed by atoms with van der Waals surface area (Å²) in [6.07, 6.45) is 4.13. The van der Waals surface area contributed by atoms with E-state index in [0.29, 0.717) is 29.8 Å². The van der Waals surface area contributed by atoms with Gasteiger partial charge in [-0.05, 0) is 42.3 Å². The molecule has 2 heterocycles. The Bertz CT molecular complexity index is 1190. The third kappa shape index (κ3) is 3.18. The first-order chi connectivity index (χ1) is 13.6. The number of aromatic nitrogens is 2. The molecule has 0 spiro atoms. The van der Waals surface area contributed by atoms with Crippen LogP contribution in [0.25, 0.3) is 21.8 Å². The van der Waals surface area contributed by atoms with Crippen molar-refractivity contribution < 1.29 is 9.53 Å². The van der Waals surface area contributed by atoms with Gasteiger partial charge in [0, 0.05) is 46.3 Å². The van der Waals surface area contributed by atoms with Gasteiger partial charge >= 0.3 is 0 Å². The number of amides is 1. The van der Waals surface area contributed by atoms with E-state index >= 15 is 0 Å². The van der Waals surface area contributed by atoms with Crippen LogP contribution < -0.4 is 15.8 Å². The van der Waals surface area contributed by atoms with Crippen LogP contribution in [0.15, 0.2) is 48.8 Å². The third-order valence-corrected chi connectivity index (χ3v) is 4.87. The van der Waals surface area contributed by atoms with Gasteiger partial charge in [0.15, 0.2) is 0 Å². The van der Waals surface area contributed by atoms with Gasteiger partial charge < -0.3 is 25.8 Å². The Hall–Kier alpha value is -3.74. The number of hydrogen-bond acceptors (Lipinski definition) is 3. The predicted molar refractivity (Wildman–Crippen MR) is 110 cm³/mol. The summed E-state index contributed by atoms with van der Waals surface area (Å²) in [5, 5.41) is 12.4. The lowest BCUT2D eigenvalue weighted by Crippen LogP contribution is -2.25. The van der Waals surface area contributed by atoms with E-state index in [1.54, 1.807) is 19.5 Å². The van der Waals surface area contributed by atoms with E-state index in [0.717, 1.165) is 27.4 Å². The van der Waals surface area contributed by atoms with Gasteiger partial charge in [-0.2, -0.15) is 0 Å². The van der Waals surface area contributed by atoms with Crippen molar-refractivity contribution in [2.24, 2.45) is 5.73 Å². The lowest BCUT2D eigenvalue weighted by atomic mass is 10.1. The number of benzene rings is 2. The fourth-order valence-corrected chi connectivity index (χ4v) is 3.38. The van der Waals surface area contributed by atoms with Crippen LogP contribution in [0, 0.1) is 5.41 Å².